The summed E-state index contributed by atoms with van der Waals surface area (Å²) in [5.41, 5.74) is 0.852. The molecule has 0 aliphatic heterocycles. The summed E-state index contributed by atoms with van der Waals surface area (Å²) in [4.78, 5) is 32.0. The van der Waals surface area contributed by atoms with Crippen LogP contribution in [0.1, 0.15) is 23.7 Å². The van der Waals surface area contributed by atoms with Crippen LogP contribution in [-0.4, -0.2) is 37.0 Å². The first-order valence-electron chi connectivity index (χ1n) is 5.94. The van der Waals surface area contributed by atoms with Gasteiger partial charge >= 0.3 is 13.8 Å². The van der Waals surface area contributed by atoms with E-state index < -0.39 is 26.4 Å². The van der Waals surface area contributed by atoms with Gasteiger partial charge in [-0.3, -0.25) is 14.3 Å². The summed E-state index contributed by atoms with van der Waals surface area (Å²) >= 11 is 0. The number of carboxylic acid groups (broad SMARTS) is 1. The van der Waals surface area contributed by atoms with Crippen molar-refractivity contribution in [3.8, 4) is 5.75 Å². The van der Waals surface area contributed by atoms with E-state index in [4.69, 9.17) is 14.9 Å². The topological polar surface area (TPSA) is 149 Å². The van der Waals surface area contributed by atoms with E-state index in [-0.39, 0.29) is 23.4 Å². The molecule has 118 valence electrons. The molecule has 0 fully saturated rings. The fourth-order valence-corrected chi connectivity index (χ4v) is 1.81. The van der Waals surface area contributed by atoms with Crippen molar-refractivity contribution in [2.75, 3.05) is 0 Å². The van der Waals surface area contributed by atoms with Crippen LogP contribution in [0.2, 0.25) is 0 Å². The lowest BCUT2D eigenvalue weighted by Crippen LogP contribution is -2.33. The van der Waals surface area contributed by atoms with Crippen molar-refractivity contribution < 1.29 is 33.9 Å². The third kappa shape index (κ3) is 5.41. The van der Waals surface area contributed by atoms with Gasteiger partial charge in [0.2, 0.25) is 0 Å². The van der Waals surface area contributed by atoms with E-state index in [0.717, 1.165) is 0 Å². The Labute approximate surface area is 120 Å². The molecule has 9 nitrogen and oxygen atoms in total. The quantitative estimate of drug-likeness (QED) is 0.446. The molecule has 0 saturated carbocycles. The molecule has 0 radical (unpaired) electrons. The number of nitrogens with one attached hydrogen (secondary N) is 1. The first-order valence-corrected chi connectivity index (χ1v) is 7.47. The van der Waals surface area contributed by atoms with Gasteiger partial charge in [-0.05, 0) is 13.8 Å². The molecule has 21 heavy (non-hydrogen) atoms. The highest BCUT2D eigenvalue weighted by molar-refractivity contribution is 7.46. The summed E-state index contributed by atoms with van der Waals surface area (Å²) in [6, 6.07) is -0.853. The molecule has 0 spiro atoms. The fourth-order valence-electron chi connectivity index (χ4n) is 1.50. The number of nitrogens with zero attached hydrogens (tertiary/aromatic N) is 1. The molecule has 0 aromatic carbocycles. The molecule has 1 rings (SSSR count). The average molecular weight is 320 g/mol. The van der Waals surface area contributed by atoms with E-state index in [9.17, 15) is 14.5 Å². The summed E-state index contributed by atoms with van der Waals surface area (Å²) in [5, 5.41) is 21.4. The number of aliphatic carboxylic acids is 1. The maximum absolute atomic E-state index is 10.7. The Morgan fingerprint density at radius 2 is 2.14 bits per heavy atom. The van der Waals surface area contributed by atoms with E-state index in [1.807, 2.05) is 0 Å². The highest BCUT2D eigenvalue weighted by Crippen LogP contribution is 2.38. The van der Waals surface area contributed by atoms with Crippen molar-refractivity contribution in [1.29, 1.82) is 0 Å². The van der Waals surface area contributed by atoms with Crippen LogP contribution in [0.3, 0.4) is 0 Å². The Balaban J connectivity index is 2.95. The highest BCUT2D eigenvalue weighted by atomic mass is 31.2. The Morgan fingerprint density at radius 1 is 1.52 bits per heavy atom. The van der Waals surface area contributed by atoms with Crippen LogP contribution in [-0.2, 0) is 27.0 Å². The molecule has 0 aliphatic carbocycles. The molecule has 0 saturated heterocycles. The minimum absolute atomic E-state index is 0.0114. The highest BCUT2D eigenvalue weighted by Gasteiger charge is 2.19. The molecule has 0 unspecified atom stereocenters. The number of hydrogen-bond acceptors (Lipinski definition) is 6. The van der Waals surface area contributed by atoms with E-state index in [1.54, 1.807) is 6.92 Å². The van der Waals surface area contributed by atoms with Gasteiger partial charge in [0.1, 0.15) is 11.8 Å². The number of carboxylic acids is 1. The zero-order valence-corrected chi connectivity index (χ0v) is 12.4. The second-order valence-corrected chi connectivity index (χ2v) is 5.64. The Bertz CT molecular complexity index is 572. The van der Waals surface area contributed by atoms with E-state index >= 15 is 0 Å². The second-order valence-electron chi connectivity index (χ2n) is 4.40. The van der Waals surface area contributed by atoms with Crippen molar-refractivity contribution in [2.24, 2.45) is 0 Å². The molecular formula is C11H17N2O7P. The van der Waals surface area contributed by atoms with Crippen LogP contribution in [0.5, 0.6) is 5.75 Å². The Hall–Kier alpha value is -1.51. The van der Waals surface area contributed by atoms with Crippen LogP contribution in [0.4, 0.5) is 0 Å². The normalized spacial score (nSPS) is 13.1. The summed E-state index contributed by atoms with van der Waals surface area (Å²) in [7, 11) is -4.66. The SMILES string of the molecule is Cc1ncc(COP(=O)(O)O)c(CN[C@@H](C)C(=O)O)c1O. The van der Waals surface area contributed by atoms with Crippen LogP contribution in [0.25, 0.3) is 0 Å². The molecule has 1 heterocycles. The number of pyridine rings is 1. The minimum atomic E-state index is -4.66. The number of rotatable bonds is 7. The van der Waals surface area contributed by atoms with Gasteiger partial charge in [-0.25, -0.2) is 4.57 Å². The van der Waals surface area contributed by atoms with Crippen molar-refractivity contribution in [1.82, 2.24) is 10.3 Å². The third-order valence-corrected chi connectivity index (χ3v) is 3.24. The maximum atomic E-state index is 10.7. The fraction of sp³-hybridized carbons (Fsp3) is 0.455. The first kappa shape index (κ1) is 17.5. The summed E-state index contributed by atoms with van der Waals surface area (Å²) in [6.07, 6.45) is 1.31. The number of phosphoric acid groups is 1. The van der Waals surface area contributed by atoms with Gasteiger partial charge < -0.3 is 25.3 Å². The number of carbonyl (C=O) groups is 1. The van der Waals surface area contributed by atoms with Crippen LogP contribution >= 0.6 is 7.82 Å². The average Bonchev–Trinajstić information content (AvgIpc) is 2.37. The largest absolute Gasteiger partial charge is 0.506 e. The van der Waals surface area contributed by atoms with Crippen LogP contribution in [0.15, 0.2) is 6.20 Å². The first-order chi connectivity index (χ1) is 9.61. The molecule has 1 atom stereocenters. The van der Waals surface area contributed by atoms with Gasteiger partial charge in [-0.2, -0.15) is 0 Å². The number of aromatic nitrogens is 1. The van der Waals surface area contributed by atoms with Crippen LogP contribution in [0, 0.1) is 6.92 Å². The lowest BCUT2D eigenvalue weighted by Gasteiger charge is -2.15. The number of phosphoric ester groups is 1. The van der Waals surface area contributed by atoms with Gasteiger partial charge in [0.05, 0.1) is 12.3 Å². The molecule has 0 aliphatic rings. The molecule has 0 amide bonds. The second kappa shape index (κ2) is 6.97. The van der Waals surface area contributed by atoms with Crippen LogP contribution < -0.4 is 5.32 Å². The van der Waals surface area contributed by atoms with Gasteiger partial charge in [-0.15, -0.1) is 0 Å². The lowest BCUT2D eigenvalue weighted by molar-refractivity contribution is -0.139. The van der Waals surface area contributed by atoms with Crippen molar-refractivity contribution in [3.05, 3.63) is 23.0 Å². The zero-order valence-electron chi connectivity index (χ0n) is 11.5. The molecular weight excluding hydrogens is 303 g/mol. The van der Waals surface area contributed by atoms with Gasteiger partial charge in [0.15, 0.2) is 0 Å². The van der Waals surface area contributed by atoms with Gasteiger partial charge in [0, 0.05) is 23.9 Å². The maximum Gasteiger partial charge on any atom is 0.469 e. The minimum Gasteiger partial charge on any atom is -0.506 e. The standard InChI is InChI=1S/C11H17N2O7P/c1-6-10(14)9(4-13-7(2)11(15)16)8(3-12-6)5-20-21(17,18)19/h3,7,13-14H,4-5H2,1-2H3,(H,15,16)(H2,17,18,19)/t7-/m0/s1. The van der Waals surface area contributed by atoms with Crippen molar-refractivity contribution >= 4 is 13.8 Å². The van der Waals surface area contributed by atoms with E-state index in [0.29, 0.717) is 5.69 Å². The van der Waals surface area contributed by atoms with Crippen molar-refractivity contribution in [2.45, 2.75) is 33.0 Å². The summed E-state index contributed by atoms with van der Waals surface area (Å²) in [6.45, 7) is 2.51. The van der Waals surface area contributed by atoms with Gasteiger partial charge in [0.25, 0.3) is 0 Å². The molecule has 10 heteroatoms. The number of aromatic hydroxyl groups is 1. The molecule has 1 aromatic heterocycles. The number of hydrogen-bond donors (Lipinski definition) is 5. The molecule has 1 aromatic rings. The third-order valence-electron chi connectivity index (χ3n) is 2.77. The summed E-state index contributed by atoms with van der Waals surface area (Å²) < 4.78 is 15.1. The Kier molecular flexibility index (Phi) is 5.82. The predicted molar refractivity (Wildman–Crippen MR) is 71.4 cm³/mol. The van der Waals surface area contributed by atoms with Gasteiger partial charge in [-0.1, -0.05) is 0 Å². The van der Waals surface area contributed by atoms with Crippen molar-refractivity contribution in [3.63, 3.8) is 0 Å². The van der Waals surface area contributed by atoms with E-state index in [2.05, 4.69) is 14.8 Å². The predicted octanol–water partition coefficient (Wildman–Crippen LogP) is 0.268. The smallest absolute Gasteiger partial charge is 0.469 e. The van der Waals surface area contributed by atoms with E-state index in [1.165, 1.54) is 13.1 Å². The number of aryl methyl sites for hydroxylation is 1. The monoisotopic (exact) mass is 320 g/mol. The zero-order chi connectivity index (χ0) is 16.2. The molecule has 0 bridgehead atoms. The molecule has 5 N–H and O–H groups in total. The Morgan fingerprint density at radius 3 is 2.67 bits per heavy atom. The lowest BCUT2D eigenvalue weighted by atomic mass is 10.1. The summed E-state index contributed by atoms with van der Waals surface area (Å²) in [5.74, 6) is -1.24.